The third kappa shape index (κ3) is 2.91. The minimum absolute atomic E-state index is 0.0226. The van der Waals surface area contributed by atoms with Crippen LogP contribution in [-0.4, -0.2) is 64.7 Å². The van der Waals surface area contributed by atoms with Gasteiger partial charge in [-0.25, -0.2) is 9.97 Å². The molecule has 2 aliphatic heterocycles. The van der Waals surface area contributed by atoms with Crippen LogP contribution in [0.1, 0.15) is 5.69 Å². The Morgan fingerprint density at radius 2 is 2.18 bits per heavy atom. The van der Waals surface area contributed by atoms with Crippen molar-refractivity contribution in [2.24, 2.45) is 0 Å². The Kier molecular flexibility index (Phi) is 4.40. The van der Waals surface area contributed by atoms with E-state index in [-0.39, 0.29) is 11.2 Å². The Balaban J connectivity index is 1.64. The van der Waals surface area contributed by atoms with Gasteiger partial charge in [0.2, 0.25) is 5.91 Å². The molecule has 2 aliphatic rings. The molecule has 3 aromatic rings. The van der Waals surface area contributed by atoms with E-state index in [4.69, 9.17) is 14.7 Å². The lowest BCUT2D eigenvalue weighted by molar-refractivity contribution is -0.120. The molecule has 0 saturated carbocycles. The SMILES string of the molecule is CNC(=O)C1Cc2nc(-c3cccc4[nH]ncc34)nc(N3CCOCC3)c2S1. The van der Waals surface area contributed by atoms with Crippen LogP contribution in [-0.2, 0) is 16.0 Å². The van der Waals surface area contributed by atoms with Crippen LogP contribution in [0, 0.1) is 0 Å². The number of fused-ring (bicyclic) bond motifs is 2. The van der Waals surface area contributed by atoms with Crippen LogP contribution in [0.2, 0.25) is 0 Å². The summed E-state index contributed by atoms with van der Waals surface area (Å²) in [5.41, 5.74) is 2.83. The summed E-state index contributed by atoms with van der Waals surface area (Å²) in [4.78, 5) is 25.3. The first kappa shape index (κ1) is 17.4. The van der Waals surface area contributed by atoms with Gasteiger partial charge in [-0.15, -0.1) is 11.8 Å². The van der Waals surface area contributed by atoms with Crippen molar-refractivity contribution in [3.05, 3.63) is 30.1 Å². The van der Waals surface area contributed by atoms with E-state index >= 15 is 0 Å². The van der Waals surface area contributed by atoms with Gasteiger partial charge in [0, 0.05) is 37.5 Å². The second-order valence-electron chi connectivity index (χ2n) is 6.81. The molecule has 1 aromatic carbocycles. The molecule has 1 saturated heterocycles. The highest BCUT2D eigenvalue weighted by Gasteiger charge is 2.34. The van der Waals surface area contributed by atoms with E-state index in [2.05, 4.69) is 20.4 Å². The summed E-state index contributed by atoms with van der Waals surface area (Å²) in [5, 5.41) is 10.7. The molecule has 0 radical (unpaired) electrons. The van der Waals surface area contributed by atoms with Crippen LogP contribution in [0.3, 0.4) is 0 Å². The fraction of sp³-hybridized carbons (Fsp3) is 0.368. The lowest BCUT2D eigenvalue weighted by atomic mass is 10.1. The van der Waals surface area contributed by atoms with Crippen LogP contribution in [0.15, 0.2) is 29.3 Å². The average Bonchev–Trinajstić information content (AvgIpc) is 3.39. The first-order chi connectivity index (χ1) is 13.7. The van der Waals surface area contributed by atoms with E-state index in [9.17, 15) is 4.79 Å². The molecule has 144 valence electrons. The van der Waals surface area contributed by atoms with E-state index < -0.39 is 0 Å². The molecule has 2 N–H and O–H groups in total. The van der Waals surface area contributed by atoms with Crippen LogP contribution in [0.25, 0.3) is 22.3 Å². The van der Waals surface area contributed by atoms with Crippen molar-refractivity contribution < 1.29 is 9.53 Å². The number of hydrogen-bond donors (Lipinski definition) is 2. The van der Waals surface area contributed by atoms with Crippen molar-refractivity contribution in [1.29, 1.82) is 0 Å². The van der Waals surface area contributed by atoms with Gasteiger partial charge in [0.1, 0.15) is 5.82 Å². The molecule has 28 heavy (non-hydrogen) atoms. The van der Waals surface area contributed by atoms with E-state index in [1.54, 1.807) is 25.0 Å². The lowest BCUT2D eigenvalue weighted by Crippen LogP contribution is -2.37. The number of ether oxygens (including phenoxy) is 1. The smallest absolute Gasteiger partial charge is 0.233 e. The number of carbonyl (C=O) groups excluding carboxylic acids is 1. The molecule has 1 amide bonds. The molecule has 0 aliphatic carbocycles. The van der Waals surface area contributed by atoms with Gasteiger partial charge in [-0.3, -0.25) is 9.89 Å². The summed E-state index contributed by atoms with van der Waals surface area (Å²) < 4.78 is 5.51. The molecule has 2 aromatic heterocycles. The van der Waals surface area contributed by atoms with Crippen molar-refractivity contribution in [2.45, 2.75) is 16.6 Å². The van der Waals surface area contributed by atoms with E-state index in [1.807, 2.05) is 18.2 Å². The number of amides is 1. The highest BCUT2D eigenvalue weighted by atomic mass is 32.2. The Morgan fingerprint density at radius 3 is 3.00 bits per heavy atom. The number of carbonyl (C=O) groups is 1. The zero-order chi connectivity index (χ0) is 19.1. The summed E-state index contributed by atoms with van der Waals surface area (Å²) in [5.74, 6) is 1.60. The Morgan fingerprint density at radius 1 is 1.32 bits per heavy atom. The number of rotatable bonds is 3. The number of aromatic nitrogens is 4. The fourth-order valence-corrected chi connectivity index (χ4v) is 4.98. The Labute approximate surface area is 166 Å². The number of aromatic amines is 1. The van der Waals surface area contributed by atoms with Gasteiger partial charge in [0.05, 0.1) is 40.8 Å². The maximum Gasteiger partial charge on any atom is 0.233 e. The van der Waals surface area contributed by atoms with Crippen LogP contribution in [0.4, 0.5) is 5.82 Å². The predicted octanol–water partition coefficient (Wildman–Crippen LogP) is 1.62. The monoisotopic (exact) mass is 396 g/mol. The third-order valence-electron chi connectivity index (χ3n) is 5.13. The van der Waals surface area contributed by atoms with Gasteiger partial charge in [0.15, 0.2) is 5.82 Å². The normalized spacial score (nSPS) is 19.0. The second kappa shape index (κ2) is 7.06. The van der Waals surface area contributed by atoms with E-state index in [0.29, 0.717) is 25.5 Å². The average molecular weight is 396 g/mol. The van der Waals surface area contributed by atoms with Crippen LogP contribution >= 0.6 is 11.8 Å². The summed E-state index contributed by atoms with van der Waals surface area (Å²) in [7, 11) is 1.67. The van der Waals surface area contributed by atoms with Gasteiger partial charge in [-0.2, -0.15) is 5.10 Å². The Bertz CT molecular complexity index is 1050. The topological polar surface area (TPSA) is 96.0 Å². The number of H-pyrrole nitrogens is 1. The maximum atomic E-state index is 12.2. The minimum atomic E-state index is -0.172. The molecular formula is C19H20N6O2S. The summed E-state index contributed by atoms with van der Waals surface area (Å²) in [6.45, 7) is 2.91. The zero-order valence-corrected chi connectivity index (χ0v) is 16.3. The van der Waals surface area contributed by atoms with Crippen molar-refractivity contribution in [1.82, 2.24) is 25.5 Å². The molecular weight excluding hydrogens is 376 g/mol. The van der Waals surface area contributed by atoms with E-state index in [1.165, 1.54) is 0 Å². The van der Waals surface area contributed by atoms with Crippen molar-refractivity contribution in [3.63, 3.8) is 0 Å². The largest absolute Gasteiger partial charge is 0.378 e. The molecule has 5 rings (SSSR count). The number of morpholine rings is 1. The number of anilines is 1. The van der Waals surface area contributed by atoms with Crippen molar-refractivity contribution in [2.75, 3.05) is 38.3 Å². The van der Waals surface area contributed by atoms with Gasteiger partial charge in [-0.1, -0.05) is 12.1 Å². The standard InChI is InChI=1S/C19H20N6O2S/c1-20-19(26)15-9-14-16(28-15)18(25-5-7-27-8-6-25)23-17(22-14)11-3-2-4-13-12(11)10-21-24-13/h2-4,10,15H,5-9H2,1H3,(H,20,26)(H,21,24). The number of nitrogens with one attached hydrogen (secondary N) is 2. The number of benzene rings is 1. The Hall–Kier alpha value is -2.65. The molecule has 1 atom stereocenters. The van der Waals surface area contributed by atoms with Crippen molar-refractivity contribution in [3.8, 4) is 11.4 Å². The molecule has 1 unspecified atom stereocenters. The number of nitrogens with zero attached hydrogens (tertiary/aromatic N) is 4. The van der Waals surface area contributed by atoms with Gasteiger partial charge in [-0.05, 0) is 6.07 Å². The third-order valence-corrected chi connectivity index (χ3v) is 6.45. The maximum absolute atomic E-state index is 12.2. The lowest BCUT2D eigenvalue weighted by Gasteiger charge is -2.29. The molecule has 4 heterocycles. The summed E-state index contributed by atoms with van der Waals surface area (Å²) >= 11 is 1.56. The molecule has 0 bridgehead atoms. The van der Waals surface area contributed by atoms with Gasteiger partial charge < -0.3 is 15.0 Å². The molecule has 0 spiro atoms. The first-order valence-electron chi connectivity index (χ1n) is 9.29. The van der Waals surface area contributed by atoms with Crippen molar-refractivity contribution >= 4 is 34.4 Å². The number of thioether (sulfide) groups is 1. The highest BCUT2D eigenvalue weighted by molar-refractivity contribution is 8.01. The molecule has 8 nitrogen and oxygen atoms in total. The zero-order valence-electron chi connectivity index (χ0n) is 15.4. The number of hydrogen-bond acceptors (Lipinski definition) is 7. The highest BCUT2D eigenvalue weighted by Crippen LogP contribution is 2.43. The van der Waals surface area contributed by atoms with Gasteiger partial charge in [0.25, 0.3) is 0 Å². The second-order valence-corrected chi connectivity index (χ2v) is 8.02. The minimum Gasteiger partial charge on any atom is -0.378 e. The van der Waals surface area contributed by atoms with Crippen LogP contribution < -0.4 is 10.2 Å². The molecule has 9 heteroatoms. The van der Waals surface area contributed by atoms with E-state index in [0.717, 1.165) is 46.0 Å². The molecule has 1 fully saturated rings. The first-order valence-corrected chi connectivity index (χ1v) is 10.2. The van der Waals surface area contributed by atoms with Gasteiger partial charge >= 0.3 is 0 Å². The van der Waals surface area contributed by atoms with Crippen LogP contribution in [0.5, 0.6) is 0 Å². The summed E-state index contributed by atoms with van der Waals surface area (Å²) in [6, 6.07) is 5.98. The predicted molar refractivity (Wildman–Crippen MR) is 108 cm³/mol. The quantitative estimate of drug-likeness (QED) is 0.694. The summed E-state index contributed by atoms with van der Waals surface area (Å²) in [6.07, 6.45) is 2.41. The fourth-order valence-electron chi connectivity index (χ4n) is 3.68.